The number of hydrogen-bond acceptors (Lipinski definition) is 6. The van der Waals surface area contributed by atoms with Crippen molar-refractivity contribution in [3.63, 3.8) is 0 Å². The summed E-state index contributed by atoms with van der Waals surface area (Å²) < 4.78 is 5.27. The third-order valence-corrected chi connectivity index (χ3v) is 3.48. The van der Waals surface area contributed by atoms with Crippen molar-refractivity contribution in [2.45, 2.75) is 37.8 Å². The van der Waals surface area contributed by atoms with Crippen LogP contribution in [-0.2, 0) is 0 Å². The summed E-state index contributed by atoms with van der Waals surface area (Å²) in [6, 6.07) is 0.0102. The van der Waals surface area contributed by atoms with Gasteiger partial charge in [0.1, 0.15) is 0 Å². The SMILES string of the molecule is O[C@H]1CN[C@H](c2nc(N3CCCCC3)no2)C1. The molecule has 2 aliphatic heterocycles. The monoisotopic (exact) mass is 238 g/mol. The van der Waals surface area contributed by atoms with Crippen molar-refractivity contribution in [3.8, 4) is 0 Å². The Labute approximate surface area is 100.0 Å². The van der Waals surface area contributed by atoms with Crippen molar-refractivity contribution in [1.82, 2.24) is 15.5 Å². The Morgan fingerprint density at radius 1 is 1.29 bits per heavy atom. The zero-order valence-electron chi connectivity index (χ0n) is 9.80. The van der Waals surface area contributed by atoms with Gasteiger partial charge in [-0.3, -0.25) is 0 Å². The van der Waals surface area contributed by atoms with Crippen LogP contribution in [0.4, 0.5) is 5.95 Å². The molecule has 0 saturated carbocycles. The molecule has 6 nitrogen and oxygen atoms in total. The Kier molecular flexibility index (Phi) is 2.98. The Balaban J connectivity index is 1.69. The maximum atomic E-state index is 9.45. The van der Waals surface area contributed by atoms with Crippen molar-refractivity contribution < 1.29 is 9.63 Å². The van der Waals surface area contributed by atoms with Gasteiger partial charge in [-0.05, 0) is 30.8 Å². The zero-order valence-corrected chi connectivity index (χ0v) is 9.80. The first-order valence-electron chi connectivity index (χ1n) is 6.33. The summed E-state index contributed by atoms with van der Waals surface area (Å²) in [5.41, 5.74) is 0. The molecule has 0 aliphatic carbocycles. The standard InChI is InChI=1S/C11H18N4O2/c16-8-6-9(12-7-8)10-13-11(14-17-10)15-4-2-1-3-5-15/h8-9,12,16H,1-7H2/t8-,9+/m1/s1. The largest absolute Gasteiger partial charge is 0.392 e. The van der Waals surface area contributed by atoms with E-state index >= 15 is 0 Å². The second-order valence-corrected chi connectivity index (χ2v) is 4.83. The van der Waals surface area contributed by atoms with E-state index in [1.807, 2.05) is 0 Å². The molecule has 2 fully saturated rings. The van der Waals surface area contributed by atoms with Crippen LogP contribution in [0.5, 0.6) is 0 Å². The molecule has 0 bridgehead atoms. The molecule has 2 atom stereocenters. The van der Waals surface area contributed by atoms with E-state index in [4.69, 9.17) is 4.52 Å². The van der Waals surface area contributed by atoms with Crippen LogP contribution in [0.25, 0.3) is 0 Å². The first kappa shape index (κ1) is 11.0. The highest BCUT2D eigenvalue weighted by Gasteiger charge is 2.29. The van der Waals surface area contributed by atoms with Crippen LogP contribution >= 0.6 is 0 Å². The van der Waals surface area contributed by atoms with Crippen LogP contribution in [0.3, 0.4) is 0 Å². The molecular formula is C11H18N4O2. The van der Waals surface area contributed by atoms with Crippen LogP contribution in [-0.4, -0.2) is 41.0 Å². The van der Waals surface area contributed by atoms with Gasteiger partial charge in [0, 0.05) is 19.6 Å². The molecule has 3 heterocycles. The van der Waals surface area contributed by atoms with Crippen molar-refractivity contribution in [2.75, 3.05) is 24.5 Å². The molecule has 6 heteroatoms. The molecule has 1 aromatic heterocycles. The van der Waals surface area contributed by atoms with Crippen LogP contribution in [0.2, 0.25) is 0 Å². The van der Waals surface area contributed by atoms with Gasteiger partial charge in [0.25, 0.3) is 5.95 Å². The minimum atomic E-state index is -0.301. The van der Waals surface area contributed by atoms with Crippen molar-refractivity contribution in [1.29, 1.82) is 0 Å². The fourth-order valence-corrected chi connectivity index (χ4v) is 2.50. The molecule has 0 radical (unpaired) electrons. The number of aliphatic hydroxyl groups excluding tert-OH is 1. The van der Waals surface area contributed by atoms with Gasteiger partial charge in [-0.1, -0.05) is 0 Å². The van der Waals surface area contributed by atoms with Crippen LogP contribution in [0, 0.1) is 0 Å². The fourth-order valence-electron chi connectivity index (χ4n) is 2.50. The molecule has 1 aromatic rings. The first-order valence-corrected chi connectivity index (χ1v) is 6.33. The molecule has 0 unspecified atom stereocenters. The average molecular weight is 238 g/mol. The number of piperidine rings is 1. The number of nitrogens with one attached hydrogen (secondary N) is 1. The normalized spacial score (nSPS) is 29.8. The van der Waals surface area contributed by atoms with E-state index in [0.29, 0.717) is 24.8 Å². The van der Waals surface area contributed by atoms with E-state index in [2.05, 4.69) is 20.4 Å². The van der Waals surface area contributed by atoms with Crippen molar-refractivity contribution >= 4 is 5.95 Å². The van der Waals surface area contributed by atoms with E-state index < -0.39 is 0 Å². The van der Waals surface area contributed by atoms with Gasteiger partial charge in [-0.25, -0.2) is 0 Å². The number of anilines is 1. The Morgan fingerprint density at radius 3 is 2.82 bits per heavy atom. The third-order valence-electron chi connectivity index (χ3n) is 3.48. The highest BCUT2D eigenvalue weighted by atomic mass is 16.5. The summed E-state index contributed by atoms with van der Waals surface area (Å²) in [5.74, 6) is 1.30. The number of nitrogens with zero attached hydrogens (tertiary/aromatic N) is 3. The van der Waals surface area contributed by atoms with E-state index in [1.54, 1.807) is 0 Å². The van der Waals surface area contributed by atoms with Crippen LogP contribution < -0.4 is 10.2 Å². The molecule has 0 aromatic carbocycles. The molecule has 17 heavy (non-hydrogen) atoms. The topological polar surface area (TPSA) is 74.4 Å². The van der Waals surface area contributed by atoms with E-state index in [0.717, 1.165) is 13.1 Å². The molecule has 0 amide bonds. The van der Waals surface area contributed by atoms with E-state index in [-0.39, 0.29) is 12.1 Å². The zero-order chi connectivity index (χ0) is 11.7. The Hall–Kier alpha value is -1.14. The quantitative estimate of drug-likeness (QED) is 0.779. The predicted molar refractivity (Wildman–Crippen MR) is 61.7 cm³/mol. The lowest BCUT2D eigenvalue weighted by atomic mass is 10.1. The predicted octanol–water partition coefficient (Wildman–Crippen LogP) is 0.455. The molecule has 2 N–H and O–H groups in total. The van der Waals surface area contributed by atoms with Gasteiger partial charge in [0.15, 0.2) is 0 Å². The van der Waals surface area contributed by atoms with Gasteiger partial charge in [-0.2, -0.15) is 4.98 Å². The second kappa shape index (κ2) is 4.62. The molecular weight excluding hydrogens is 220 g/mol. The number of hydrogen-bond donors (Lipinski definition) is 2. The molecule has 2 saturated heterocycles. The summed E-state index contributed by atoms with van der Waals surface area (Å²) in [6.07, 6.45) is 4.04. The fraction of sp³-hybridized carbons (Fsp3) is 0.818. The Morgan fingerprint density at radius 2 is 2.12 bits per heavy atom. The Bertz CT molecular complexity index is 356. The van der Waals surface area contributed by atoms with E-state index in [1.165, 1.54) is 19.3 Å². The number of β-amino-alcohol motifs (C(OH)–C–C–N with tert-alkyl or cyclic N) is 1. The molecule has 0 spiro atoms. The summed E-state index contributed by atoms with van der Waals surface area (Å²) in [4.78, 5) is 6.59. The number of rotatable bonds is 2. The van der Waals surface area contributed by atoms with Crippen LogP contribution in [0.1, 0.15) is 37.6 Å². The smallest absolute Gasteiger partial charge is 0.266 e. The van der Waals surface area contributed by atoms with Gasteiger partial charge in [0.2, 0.25) is 5.89 Å². The number of aliphatic hydroxyl groups is 1. The minimum absolute atomic E-state index is 0.0102. The maximum absolute atomic E-state index is 9.45. The summed E-state index contributed by atoms with van der Waals surface area (Å²) in [5, 5.41) is 16.7. The van der Waals surface area contributed by atoms with Crippen LogP contribution in [0.15, 0.2) is 4.52 Å². The lowest BCUT2D eigenvalue weighted by Gasteiger charge is -2.24. The van der Waals surface area contributed by atoms with Gasteiger partial charge in [-0.15, -0.1) is 0 Å². The summed E-state index contributed by atoms with van der Waals surface area (Å²) >= 11 is 0. The highest BCUT2D eigenvalue weighted by molar-refractivity contribution is 5.28. The summed E-state index contributed by atoms with van der Waals surface area (Å²) in [7, 11) is 0. The molecule has 3 rings (SSSR count). The van der Waals surface area contributed by atoms with Gasteiger partial charge in [0.05, 0.1) is 12.1 Å². The second-order valence-electron chi connectivity index (χ2n) is 4.83. The van der Waals surface area contributed by atoms with Crippen molar-refractivity contribution in [3.05, 3.63) is 5.89 Å². The minimum Gasteiger partial charge on any atom is -0.392 e. The molecule has 2 aliphatic rings. The number of aromatic nitrogens is 2. The lowest BCUT2D eigenvalue weighted by molar-refractivity contribution is 0.191. The lowest BCUT2D eigenvalue weighted by Crippen LogP contribution is -2.30. The van der Waals surface area contributed by atoms with Gasteiger partial charge < -0.3 is 19.8 Å². The maximum Gasteiger partial charge on any atom is 0.266 e. The average Bonchev–Trinajstić information content (AvgIpc) is 2.98. The molecule has 94 valence electrons. The van der Waals surface area contributed by atoms with E-state index in [9.17, 15) is 5.11 Å². The van der Waals surface area contributed by atoms with Crippen molar-refractivity contribution in [2.24, 2.45) is 0 Å². The first-order chi connectivity index (χ1) is 8.33. The van der Waals surface area contributed by atoms with Gasteiger partial charge >= 0.3 is 0 Å². The highest BCUT2D eigenvalue weighted by Crippen LogP contribution is 2.24. The summed E-state index contributed by atoms with van der Waals surface area (Å²) in [6.45, 7) is 2.63. The third kappa shape index (κ3) is 2.28.